The van der Waals surface area contributed by atoms with E-state index < -0.39 is 54.1 Å². The van der Waals surface area contributed by atoms with Crippen LogP contribution in [0.15, 0.2) is 99.3 Å². The molecule has 0 aliphatic heterocycles. The van der Waals surface area contributed by atoms with Gasteiger partial charge in [0.25, 0.3) is 20.0 Å². The lowest BCUT2D eigenvalue weighted by atomic mass is 10.1. The zero-order chi connectivity index (χ0) is 30.1. The lowest BCUT2D eigenvalue weighted by molar-refractivity contribution is -0.275. The second-order valence-corrected chi connectivity index (χ2v) is 11.4. The monoisotopic (exact) mass is 622 g/mol. The number of hydrogen-bond donors (Lipinski definition) is 2. The summed E-state index contributed by atoms with van der Waals surface area (Å²) in [7, 11) is -8.97. The minimum Gasteiger partial charge on any atom is -0.464 e. The molecule has 41 heavy (non-hydrogen) atoms. The van der Waals surface area contributed by atoms with E-state index in [0.29, 0.717) is 5.56 Å². The number of alkyl halides is 6. The summed E-state index contributed by atoms with van der Waals surface area (Å²) in [6.07, 6.45) is -8.65. The third kappa shape index (κ3) is 7.85. The molecule has 0 bridgehead atoms. The summed E-state index contributed by atoms with van der Waals surface area (Å²) in [4.78, 5) is -0.958. The molecule has 1 aromatic heterocycles. The van der Waals surface area contributed by atoms with Gasteiger partial charge in [-0.15, -0.1) is 26.3 Å². The molecule has 0 aliphatic carbocycles. The molecule has 0 radical (unpaired) electrons. The second kappa shape index (κ2) is 10.9. The topological polar surface area (TPSA) is 124 Å². The van der Waals surface area contributed by atoms with Crippen LogP contribution in [0, 0.1) is 0 Å². The van der Waals surface area contributed by atoms with Gasteiger partial charge < -0.3 is 13.9 Å². The number of nitrogens with one attached hydrogen (secondary N) is 2. The van der Waals surface area contributed by atoms with Gasteiger partial charge in [0.1, 0.15) is 17.3 Å². The van der Waals surface area contributed by atoms with Crippen molar-refractivity contribution >= 4 is 31.4 Å². The minimum atomic E-state index is -5.00. The van der Waals surface area contributed by atoms with Crippen molar-refractivity contribution in [1.82, 2.24) is 0 Å². The van der Waals surface area contributed by atoms with Crippen LogP contribution in [0.2, 0.25) is 0 Å². The zero-order valence-electron chi connectivity index (χ0n) is 20.0. The number of halogens is 6. The maximum Gasteiger partial charge on any atom is 0.573 e. The highest BCUT2D eigenvalue weighted by Crippen LogP contribution is 2.33. The van der Waals surface area contributed by atoms with Gasteiger partial charge in [-0.25, -0.2) is 16.8 Å². The van der Waals surface area contributed by atoms with E-state index in [-0.39, 0.29) is 17.1 Å². The Morgan fingerprint density at radius 2 is 1.07 bits per heavy atom. The van der Waals surface area contributed by atoms with Crippen LogP contribution >= 0.6 is 0 Å². The maximum atomic E-state index is 13.1. The van der Waals surface area contributed by atoms with Crippen LogP contribution in [0.1, 0.15) is 0 Å². The van der Waals surface area contributed by atoms with Gasteiger partial charge in [0.15, 0.2) is 0 Å². The van der Waals surface area contributed by atoms with Crippen LogP contribution in [-0.4, -0.2) is 29.6 Å². The van der Waals surface area contributed by atoms with Crippen LogP contribution in [0.25, 0.3) is 11.3 Å². The number of benzene rings is 3. The molecule has 17 heteroatoms. The summed E-state index contributed by atoms with van der Waals surface area (Å²) in [5, 5.41) is 0. The molecule has 9 nitrogen and oxygen atoms in total. The van der Waals surface area contributed by atoms with Crippen molar-refractivity contribution in [2.75, 3.05) is 9.44 Å². The summed E-state index contributed by atoms with van der Waals surface area (Å²) in [5.74, 6) is -1.05. The summed E-state index contributed by atoms with van der Waals surface area (Å²) in [6.45, 7) is 0. The number of hydrogen-bond acceptors (Lipinski definition) is 7. The van der Waals surface area contributed by atoms with Gasteiger partial charge in [-0.2, -0.15) is 0 Å². The van der Waals surface area contributed by atoms with Gasteiger partial charge in [-0.3, -0.25) is 9.44 Å². The molecule has 1 heterocycles. The predicted octanol–water partition coefficient (Wildman–Crippen LogP) is 6.35. The molecule has 4 aromatic rings. The molecular formula is C24H16F6N2O7S2. The molecule has 218 valence electrons. The first-order valence-electron chi connectivity index (χ1n) is 11.0. The van der Waals surface area contributed by atoms with Crippen molar-refractivity contribution < 1.29 is 57.1 Å². The Morgan fingerprint density at radius 1 is 0.610 bits per heavy atom. The number of rotatable bonds is 9. The quantitative estimate of drug-likeness (QED) is 0.209. The molecule has 2 N–H and O–H groups in total. The number of ether oxygens (including phenoxy) is 2. The van der Waals surface area contributed by atoms with E-state index in [2.05, 4.69) is 18.9 Å². The highest BCUT2D eigenvalue weighted by Gasteiger charge is 2.32. The Hall–Kier alpha value is -4.38. The molecule has 0 unspecified atom stereocenters. The van der Waals surface area contributed by atoms with Gasteiger partial charge in [0.2, 0.25) is 0 Å². The molecule has 0 aliphatic rings. The zero-order valence-corrected chi connectivity index (χ0v) is 21.7. The highest BCUT2D eigenvalue weighted by atomic mass is 32.2. The molecule has 0 atom stereocenters. The minimum absolute atomic E-state index is 0.286. The van der Waals surface area contributed by atoms with E-state index in [4.69, 9.17) is 4.42 Å². The largest absolute Gasteiger partial charge is 0.573 e. The molecule has 0 saturated carbocycles. The third-order valence-corrected chi connectivity index (χ3v) is 7.81. The summed E-state index contributed by atoms with van der Waals surface area (Å²) < 4.78 is 144. The van der Waals surface area contributed by atoms with Crippen LogP contribution in [-0.2, 0) is 20.0 Å². The van der Waals surface area contributed by atoms with Crippen molar-refractivity contribution in [2.45, 2.75) is 22.5 Å². The predicted molar refractivity (Wildman–Crippen MR) is 132 cm³/mol. The third-order valence-electron chi connectivity index (χ3n) is 5.05. The highest BCUT2D eigenvalue weighted by molar-refractivity contribution is 7.93. The smallest absolute Gasteiger partial charge is 0.464 e. The van der Waals surface area contributed by atoms with Crippen molar-refractivity contribution in [3.8, 4) is 22.8 Å². The molecule has 0 saturated heterocycles. The summed E-state index contributed by atoms with van der Waals surface area (Å²) >= 11 is 0. The van der Waals surface area contributed by atoms with Crippen molar-refractivity contribution in [1.29, 1.82) is 0 Å². The van der Waals surface area contributed by atoms with Gasteiger partial charge in [0, 0.05) is 5.56 Å². The number of furan rings is 1. The van der Waals surface area contributed by atoms with Gasteiger partial charge in [0.05, 0.1) is 27.4 Å². The van der Waals surface area contributed by atoms with E-state index in [9.17, 15) is 43.2 Å². The SMILES string of the molecule is O=S(=O)(Nc1ccc(-c2ccco2)cc1NS(=O)(=O)c1ccc(OC(F)(F)F)cc1)c1ccc(OC(F)(F)F)cc1. The van der Waals surface area contributed by atoms with E-state index in [0.717, 1.165) is 48.5 Å². The first-order chi connectivity index (χ1) is 19.0. The Morgan fingerprint density at radius 3 is 1.49 bits per heavy atom. The van der Waals surface area contributed by atoms with E-state index in [1.54, 1.807) is 12.1 Å². The Bertz CT molecular complexity index is 1720. The fraction of sp³-hybridized carbons (Fsp3) is 0.0833. The van der Waals surface area contributed by atoms with Crippen molar-refractivity contribution in [3.63, 3.8) is 0 Å². The fourth-order valence-electron chi connectivity index (χ4n) is 3.36. The fourth-order valence-corrected chi connectivity index (χ4v) is 5.51. The molecular weight excluding hydrogens is 606 g/mol. The Kier molecular flexibility index (Phi) is 7.86. The van der Waals surface area contributed by atoms with Crippen LogP contribution in [0.4, 0.5) is 37.7 Å². The first kappa shape index (κ1) is 29.6. The first-order valence-corrected chi connectivity index (χ1v) is 13.9. The van der Waals surface area contributed by atoms with E-state index >= 15 is 0 Å². The lowest BCUT2D eigenvalue weighted by Crippen LogP contribution is -2.19. The number of anilines is 2. The van der Waals surface area contributed by atoms with Gasteiger partial charge in [-0.05, 0) is 78.9 Å². The molecule has 4 rings (SSSR count). The van der Waals surface area contributed by atoms with Crippen LogP contribution in [0.5, 0.6) is 11.5 Å². The Labute approximate surface area is 228 Å². The molecule has 0 amide bonds. The summed E-state index contributed by atoms with van der Waals surface area (Å²) in [5.41, 5.74) is -0.287. The average Bonchev–Trinajstić information content (AvgIpc) is 3.39. The molecule has 0 fully saturated rings. The van der Waals surface area contributed by atoms with E-state index in [1.807, 2.05) is 0 Å². The Balaban J connectivity index is 1.66. The maximum absolute atomic E-state index is 13.1. The van der Waals surface area contributed by atoms with Crippen LogP contribution < -0.4 is 18.9 Å². The summed E-state index contributed by atoms with van der Waals surface area (Å²) in [6, 6.07) is 13.4. The van der Waals surface area contributed by atoms with Crippen molar-refractivity contribution in [3.05, 3.63) is 85.1 Å². The standard InChI is InChI=1S/C24H16F6N2O7S2/c25-23(26,27)38-16-4-8-18(9-5-16)40(33,34)31-20-12-3-15(22-2-1-13-37-22)14-21(20)32-41(35,36)19-10-6-17(7-11-19)39-24(28,29)30/h1-14,31-32H. The average molecular weight is 623 g/mol. The van der Waals surface area contributed by atoms with Gasteiger partial charge >= 0.3 is 12.7 Å². The lowest BCUT2D eigenvalue weighted by Gasteiger charge is -2.16. The van der Waals surface area contributed by atoms with Crippen LogP contribution in [0.3, 0.4) is 0 Å². The molecule has 3 aromatic carbocycles. The normalized spacial score (nSPS) is 12.5. The van der Waals surface area contributed by atoms with E-state index in [1.165, 1.54) is 24.5 Å². The van der Waals surface area contributed by atoms with Crippen molar-refractivity contribution in [2.24, 2.45) is 0 Å². The molecule has 0 spiro atoms. The number of sulfonamides is 2. The van der Waals surface area contributed by atoms with Gasteiger partial charge in [-0.1, -0.05) is 0 Å². The second-order valence-electron chi connectivity index (χ2n) is 7.99.